The van der Waals surface area contributed by atoms with Crippen LogP contribution in [0.4, 0.5) is 0 Å². The summed E-state index contributed by atoms with van der Waals surface area (Å²) in [6.45, 7) is 7.22. The number of carbonyl (C=O) groups excluding carboxylic acids is 2. The van der Waals surface area contributed by atoms with Gasteiger partial charge in [0.15, 0.2) is 0 Å². The summed E-state index contributed by atoms with van der Waals surface area (Å²) in [4.78, 5) is 32.1. The fourth-order valence-electron chi connectivity index (χ4n) is 2.95. The minimum atomic E-state index is -0.0949. The lowest BCUT2D eigenvalue weighted by molar-refractivity contribution is -0.132. The van der Waals surface area contributed by atoms with Gasteiger partial charge in [0.25, 0.3) is 5.91 Å². The van der Waals surface area contributed by atoms with Gasteiger partial charge < -0.3 is 19.1 Å². The molecule has 0 saturated carbocycles. The minimum Gasteiger partial charge on any atom is -0.378 e. The highest BCUT2D eigenvalue weighted by atomic mass is 16.5. The molecule has 0 unspecified atom stereocenters. The number of hydrogen-bond donors (Lipinski definition) is 0. The summed E-state index contributed by atoms with van der Waals surface area (Å²) in [5, 5.41) is 0. The Kier molecular flexibility index (Phi) is 3.67. The Morgan fingerprint density at radius 1 is 1.24 bits per heavy atom. The van der Waals surface area contributed by atoms with Gasteiger partial charge in [0.1, 0.15) is 11.5 Å². The first kappa shape index (κ1) is 14.1. The van der Waals surface area contributed by atoms with Crippen molar-refractivity contribution in [2.45, 2.75) is 26.4 Å². The van der Waals surface area contributed by atoms with Gasteiger partial charge in [-0.05, 0) is 6.92 Å². The molecular weight excluding hydrogens is 272 g/mol. The lowest BCUT2D eigenvalue weighted by atomic mass is 10.2. The van der Waals surface area contributed by atoms with Gasteiger partial charge in [-0.15, -0.1) is 0 Å². The van der Waals surface area contributed by atoms with Gasteiger partial charge in [-0.1, -0.05) is 0 Å². The molecule has 1 aromatic rings. The van der Waals surface area contributed by atoms with E-state index in [0.29, 0.717) is 45.1 Å². The van der Waals surface area contributed by atoms with Crippen LogP contribution in [0.15, 0.2) is 6.20 Å². The largest absolute Gasteiger partial charge is 0.378 e. The Morgan fingerprint density at radius 2 is 1.95 bits per heavy atom. The van der Waals surface area contributed by atoms with E-state index < -0.39 is 0 Å². The van der Waals surface area contributed by atoms with E-state index in [1.54, 1.807) is 22.9 Å². The van der Waals surface area contributed by atoms with Crippen molar-refractivity contribution in [1.82, 2.24) is 19.4 Å². The molecular formula is C14H20N4O3. The van der Waals surface area contributed by atoms with E-state index in [0.717, 1.165) is 5.82 Å². The first-order chi connectivity index (χ1) is 10.1. The Hall–Kier alpha value is -1.89. The highest BCUT2D eigenvalue weighted by Gasteiger charge is 2.30. The average molecular weight is 292 g/mol. The third kappa shape index (κ3) is 2.53. The molecule has 2 amide bonds. The maximum absolute atomic E-state index is 12.5. The maximum atomic E-state index is 12.5. The molecule has 21 heavy (non-hydrogen) atoms. The molecule has 2 aliphatic rings. The molecule has 0 aliphatic carbocycles. The molecule has 3 rings (SSSR count). The Labute approximate surface area is 123 Å². The quantitative estimate of drug-likeness (QED) is 0.745. The molecule has 3 heterocycles. The van der Waals surface area contributed by atoms with Crippen LogP contribution in [0.3, 0.4) is 0 Å². The highest BCUT2D eigenvalue weighted by molar-refractivity contribution is 5.92. The van der Waals surface area contributed by atoms with E-state index >= 15 is 0 Å². The van der Waals surface area contributed by atoms with Gasteiger partial charge in [0, 0.05) is 39.3 Å². The van der Waals surface area contributed by atoms with Crippen molar-refractivity contribution in [1.29, 1.82) is 0 Å². The predicted octanol–water partition coefficient (Wildman–Crippen LogP) is 0.279. The van der Waals surface area contributed by atoms with Gasteiger partial charge >= 0.3 is 0 Å². The van der Waals surface area contributed by atoms with Gasteiger partial charge in [0.2, 0.25) is 5.91 Å². The number of morpholine rings is 1. The molecule has 0 bridgehead atoms. The lowest BCUT2D eigenvalue weighted by Crippen LogP contribution is -2.40. The molecule has 7 heteroatoms. The van der Waals surface area contributed by atoms with Crippen molar-refractivity contribution in [2.75, 3.05) is 32.8 Å². The van der Waals surface area contributed by atoms with Gasteiger partial charge in [0.05, 0.1) is 19.3 Å². The molecule has 1 fully saturated rings. The number of aromatic nitrogens is 2. The van der Waals surface area contributed by atoms with E-state index in [9.17, 15) is 9.59 Å². The van der Waals surface area contributed by atoms with Crippen molar-refractivity contribution < 1.29 is 14.3 Å². The molecule has 1 aromatic heterocycles. The zero-order valence-corrected chi connectivity index (χ0v) is 12.4. The van der Waals surface area contributed by atoms with Crippen LogP contribution >= 0.6 is 0 Å². The molecule has 2 aliphatic heterocycles. The van der Waals surface area contributed by atoms with Crippen molar-refractivity contribution in [2.24, 2.45) is 0 Å². The third-order valence-corrected chi connectivity index (χ3v) is 4.15. The first-order valence-electron chi connectivity index (χ1n) is 7.29. The highest BCUT2D eigenvalue weighted by Crippen LogP contribution is 2.25. The molecule has 0 radical (unpaired) electrons. The van der Waals surface area contributed by atoms with Gasteiger partial charge in [-0.25, -0.2) is 4.98 Å². The first-order valence-corrected chi connectivity index (χ1v) is 7.29. The van der Waals surface area contributed by atoms with Crippen molar-refractivity contribution in [3.63, 3.8) is 0 Å². The smallest absolute Gasteiger partial charge is 0.274 e. The van der Waals surface area contributed by atoms with Crippen LogP contribution in [0.1, 0.15) is 36.2 Å². The second-order valence-corrected chi connectivity index (χ2v) is 5.47. The molecule has 1 atom stereocenters. The Morgan fingerprint density at radius 3 is 2.62 bits per heavy atom. The number of ether oxygens (including phenoxy) is 1. The molecule has 7 nitrogen and oxygen atoms in total. The van der Waals surface area contributed by atoms with E-state index in [1.165, 1.54) is 0 Å². The lowest BCUT2D eigenvalue weighted by Gasteiger charge is -2.32. The van der Waals surface area contributed by atoms with Crippen molar-refractivity contribution >= 4 is 11.8 Å². The maximum Gasteiger partial charge on any atom is 0.274 e. The van der Waals surface area contributed by atoms with Crippen LogP contribution < -0.4 is 0 Å². The monoisotopic (exact) mass is 292 g/mol. The average Bonchev–Trinajstić information content (AvgIpc) is 2.92. The number of hydrogen-bond acceptors (Lipinski definition) is 4. The standard InChI is InChI=1S/C14H20N4O3/c1-10-13-15-12(14(20)16-5-7-21-8-6-16)9-17(13)3-4-18(10)11(2)19/h9-10H,3-8H2,1-2H3/t10-/m1/s1. The van der Waals surface area contributed by atoms with Crippen LogP contribution in [-0.2, 0) is 16.1 Å². The van der Waals surface area contributed by atoms with Crippen LogP contribution in [-0.4, -0.2) is 64.0 Å². The second-order valence-electron chi connectivity index (χ2n) is 5.47. The number of nitrogens with zero attached hydrogens (tertiary/aromatic N) is 4. The molecule has 0 N–H and O–H groups in total. The SMILES string of the molecule is CC(=O)N1CCn2cc(C(=O)N3CCOCC3)nc2[C@H]1C. The summed E-state index contributed by atoms with van der Waals surface area (Å²) in [6.07, 6.45) is 1.81. The summed E-state index contributed by atoms with van der Waals surface area (Å²) in [5.41, 5.74) is 0.462. The van der Waals surface area contributed by atoms with Gasteiger partial charge in [-0.3, -0.25) is 9.59 Å². The number of amides is 2. The normalized spacial score (nSPS) is 22.1. The van der Waals surface area contributed by atoms with Crippen LogP contribution in [0, 0.1) is 0 Å². The Bertz CT molecular complexity index is 563. The second kappa shape index (κ2) is 5.48. The van der Waals surface area contributed by atoms with Crippen molar-refractivity contribution in [3.8, 4) is 0 Å². The zero-order valence-electron chi connectivity index (χ0n) is 12.4. The molecule has 0 aromatic carbocycles. The van der Waals surface area contributed by atoms with Crippen molar-refractivity contribution in [3.05, 3.63) is 17.7 Å². The number of carbonyl (C=O) groups is 2. The predicted molar refractivity (Wildman–Crippen MR) is 74.8 cm³/mol. The fraction of sp³-hybridized carbons (Fsp3) is 0.643. The summed E-state index contributed by atoms with van der Waals surface area (Å²) in [6, 6.07) is -0.0949. The zero-order chi connectivity index (χ0) is 15.0. The number of fused-ring (bicyclic) bond motifs is 1. The summed E-state index contributed by atoms with van der Waals surface area (Å²) in [5.74, 6) is 0.771. The topological polar surface area (TPSA) is 67.7 Å². The summed E-state index contributed by atoms with van der Waals surface area (Å²) < 4.78 is 7.24. The van der Waals surface area contributed by atoms with E-state index in [-0.39, 0.29) is 17.9 Å². The van der Waals surface area contributed by atoms with E-state index in [4.69, 9.17) is 4.74 Å². The summed E-state index contributed by atoms with van der Waals surface area (Å²) in [7, 11) is 0. The molecule has 1 saturated heterocycles. The van der Waals surface area contributed by atoms with Crippen LogP contribution in [0.2, 0.25) is 0 Å². The third-order valence-electron chi connectivity index (χ3n) is 4.15. The number of imidazole rings is 1. The van der Waals surface area contributed by atoms with Crippen LogP contribution in [0.5, 0.6) is 0 Å². The van der Waals surface area contributed by atoms with Crippen LogP contribution in [0.25, 0.3) is 0 Å². The minimum absolute atomic E-state index is 0.0396. The van der Waals surface area contributed by atoms with E-state index in [2.05, 4.69) is 4.98 Å². The Balaban J connectivity index is 1.82. The fourth-order valence-corrected chi connectivity index (χ4v) is 2.95. The molecule has 114 valence electrons. The molecule has 0 spiro atoms. The van der Waals surface area contributed by atoms with Gasteiger partial charge in [-0.2, -0.15) is 0 Å². The van der Waals surface area contributed by atoms with E-state index in [1.807, 2.05) is 11.5 Å². The number of rotatable bonds is 1. The summed E-state index contributed by atoms with van der Waals surface area (Å²) >= 11 is 0.